The van der Waals surface area contributed by atoms with Crippen molar-refractivity contribution in [1.29, 1.82) is 0 Å². The van der Waals surface area contributed by atoms with Crippen LogP contribution < -0.4 is 10.6 Å². The van der Waals surface area contributed by atoms with Gasteiger partial charge in [-0.3, -0.25) is 14.5 Å². The van der Waals surface area contributed by atoms with Crippen LogP contribution in [0.2, 0.25) is 5.02 Å². The number of imide groups is 1. The average molecular weight is 440 g/mol. The molecule has 6 nitrogen and oxygen atoms in total. The largest absolute Gasteiger partial charge is 0.352 e. The Morgan fingerprint density at radius 1 is 1.06 bits per heavy atom. The van der Waals surface area contributed by atoms with Crippen LogP contribution in [0.25, 0.3) is 0 Å². The summed E-state index contributed by atoms with van der Waals surface area (Å²) in [5.74, 6) is -0.375. The summed E-state index contributed by atoms with van der Waals surface area (Å²) in [6, 6.07) is 14.2. The summed E-state index contributed by atoms with van der Waals surface area (Å²) in [6.45, 7) is 0.692. The van der Waals surface area contributed by atoms with Crippen LogP contribution in [0, 0.1) is 5.92 Å². The molecule has 1 aliphatic carbocycles. The molecule has 1 heterocycles. The maximum atomic E-state index is 12.8. The van der Waals surface area contributed by atoms with E-state index < -0.39 is 0 Å². The van der Waals surface area contributed by atoms with E-state index in [4.69, 9.17) is 11.6 Å². The minimum atomic E-state index is -0.324. The Hall–Kier alpha value is -2.86. The first kappa shape index (κ1) is 21.4. The van der Waals surface area contributed by atoms with Gasteiger partial charge in [0.2, 0.25) is 5.91 Å². The number of carbonyl (C=O) groups is 3. The van der Waals surface area contributed by atoms with Gasteiger partial charge in [0.05, 0.1) is 12.5 Å². The maximum Gasteiger partial charge on any atom is 0.324 e. The first-order valence-corrected chi connectivity index (χ1v) is 11.1. The fourth-order valence-corrected chi connectivity index (χ4v) is 4.57. The molecule has 162 valence electrons. The quantitative estimate of drug-likeness (QED) is 0.715. The van der Waals surface area contributed by atoms with E-state index in [9.17, 15) is 14.4 Å². The monoisotopic (exact) mass is 439 g/mol. The zero-order chi connectivity index (χ0) is 21.8. The highest BCUT2D eigenvalue weighted by Gasteiger charge is 2.41. The third-order valence-corrected chi connectivity index (χ3v) is 6.47. The molecule has 0 radical (unpaired) electrons. The third kappa shape index (κ3) is 4.90. The van der Waals surface area contributed by atoms with E-state index in [2.05, 4.69) is 10.6 Å². The predicted octanol–water partition coefficient (Wildman–Crippen LogP) is 3.92. The molecule has 1 aliphatic heterocycles. The number of benzene rings is 2. The second-order valence-corrected chi connectivity index (χ2v) is 8.57. The van der Waals surface area contributed by atoms with Gasteiger partial charge in [-0.1, -0.05) is 54.8 Å². The molecule has 1 saturated heterocycles. The lowest BCUT2D eigenvalue weighted by atomic mass is 9.82. The van der Waals surface area contributed by atoms with Gasteiger partial charge >= 0.3 is 6.03 Å². The Morgan fingerprint density at radius 2 is 1.81 bits per heavy atom. The minimum absolute atomic E-state index is 0.0261. The second-order valence-electron chi connectivity index (χ2n) is 8.17. The first-order valence-electron chi connectivity index (χ1n) is 10.8. The fraction of sp³-hybridized carbons (Fsp3) is 0.375. The van der Waals surface area contributed by atoms with Gasteiger partial charge < -0.3 is 10.6 Å². The van der Waals surface area contributed by atoms with Crippen LogP contribution in [-0.4, -0.2) is 35.3 Å². The Balaban J connectivity index is 1.32. The van der Waals surface area contributed by atoms with Crippen molar-refractivity contribution in [3.8, 4) is 0 Å². The van der Waals surface area contributed by atoms with Gasteiger partial charge in [0.25, 0.3) is 5.91 Å². The van der Waals surface area contributed by atoms with Crippen molar-refractivity contribution >= 4 is 29.4 Å². The zero-order valence-corrected chi connectivity index (χ0v) is 18.0. The molecular weight excluding hydrogens is 414 g/mol. The molecule has 4 amide bonds. The summed E-state index contributed by atoms with van der Waals surface area (Å²) in [4.78, 5) is 38.9. The molecule has 0 spiro atoms. The van der Waals surface area contributed by atoms with Crippen LogP contribution in [0.15, 0.2) is 48.5 Å². The predicted molar refractivity (Wildman–Crippen MR) is 119 cm³/mol. The van der Waals surface area contributed by atoms with E-state index in [1.54, 1.807) is 24.3 Å². The van der Waals surface area contributed by atoms with E-state index >= 15 is 0 Å². The fourth-order valence-electron chi connectivity index (χ4n) is 4.34. The summed E-state index contributed by atoms with van der Waals surface area (Å²) < 4.78 is 0. The van der Waals surface area contributed by atoms with Crippen molar-refractivity contribution in [3.63, 3.8) is 0 Å². The second kappa shape index (κ2) is 9.52. The summed E-state index contributed by atoms with van der Waals surface area (Å²) in [5.41, 5.74) is 2.33. The van der Waals surface area contributed by atoms with E-state index in [1.165, 1.54) is 4.90 Å². The number of hydrogen-bond donors (Lipinski definition) is 2. The lowest BCUT2D eigenvalue weighted by Crippen LogP contribution is -2.60. The highest BCUT2D eigenvalue weighted by molar-refractivity contribution is 6.31. The molecule has 2 aromatic rings. The van der Waals surface area contributed by atoms with Crippen LogP contribution in [0.5, 0.6) is 0 Å². The SMILES string of the molecule is O=C(NCCc1ccccc1Cl)c1ccc(CN2C(=O)NC3CCCCC3C2=O)cc1. The number of carbonyl (C=O) groups excluding carboxylic acids is 3. The van der Waals surface area contributed by atoms with Crippen LogP contribution in [-0.2, 0) is 17.8 Å². The average Bonchev–Trinajstić information content (AvgIpc) is 2.78. The molecule has 0 bridgehead atoms. The summed E-state index contributed by atoms with van der Waals surface area (Å²) in [7, 11) is 0. The molecule has 2 fully saturated rings. The normalized spacial score (nSPS) is 20.7. The lowest BCUT2D eigenvalue weighted by molar-refractivity contribution is -0.137. The summed E-state index contributed by atoms with van der Waals surface area (Å²) in [6.07, 6.45) is 4.43. The van der Waals surface area contributed by atoms with Gasteiger partial charge in [-0.05, 0) is 48.6 Å². The van der Waals surface area contributed by atoms with Crippen molar-refractivity contribution in [3.05, 3.63) is 70.2 Å². The standard InChI is InChI=1S/C24H26ClN3O3/c25-20-7-3-1-5-17(20)13-14-26-22(29)18-11-9-16(10-12-18)15-28-23(30)19-6-2-4-8-21(19)27-24(28)31/h1,3,5,7,9-12,19,21H,2,4,6,8,13-15H2,(H,26,29)(H,27,31). The molecule has 4 rings (SSSR count). The number of hydrogen-bond acceptors (Lipinski definition) is 3. The van der Waals surface area contributed by atoms with Gasteiger partial charge in [-0.2, -0.15) is 0 Å². The van der Waals surface area contributed by atoms with E-state index in [-0.39, 0.29) is 36.3 Å². The van der Waals surface area contributed by atoms with Gasteiger partial charge in [0.15, 0.2) is 0 Å². The maximum absolute atomic E-state index is 12.8. The molecule has 2 unspecified atom stereocenters. The number of nitrogens with one attached hydrogen (secondary N) is 2. The van der Waals surface area contributed by atoms with Crippen molar-refractivity contribution in [1.82, 2.24) is 15.5 Å². The van der Waals surface area contributed by atoms with Crippen molar-refractivity contribution in [2.45, 2.75) is 44.7 Å². The molecule has 1 saturated carbocycles. The van der Waals surface area contributed by atoms with Crippen molar-refractivity contribution in [2.75, 3.05) is 6.54 Å². The number of nitrogens with zero attached hydrogens (tertiary/aromatic N) is 1. The molecule has 7 heteroatoms. The van der Waals surface area contributed by atoms with E-state index in [0.29, 0.717) is 23.6 Å². The number of urea groups is 1. The van der Waals surface area contributed by atoms with Gasteiger partial charge in [-0.15, -0.1) is 0 Å². The topological polar surface area (TPSA) is 78.5 Å². The molecular formula is C24H26ClN3O3. The molecule has 31 heavy (non-hydrogen) atoms. The molecule has 0 aromatic heterocycles. The zero-order valence-electron chi connectivity index (χ0n) is 17.3. The third-order valence-electron chi connectivity index (χ3n) is 6.10. The van der Waals surface area contributed by atoms with Gasteiger partial charge in [-0.25, -0.2) is 4.79 Å². The van der Waals surface area contributed by atoms with Gasteiger partial charge in [0, 0.05) is 23.2 Å². The van der Waals surface area contributed by atoms with Crippen LogP contribution in [0.3, 0.4) is 0 Å². The highest BCUT2D eigenvalue weighted by Crippen LogP contribution is 2.30. The van der Waals surface area contributed by atoms with Crippen LogP contribution >= 0.6 is 11.6 Å². The number of amides is 4. The molecule has 2 N–H and O–H groups in total. The Morgan fingerprint density at radius 3 is 2.58 bits per heavy atom. The Kier molecular flexibility index (Phi) is 6.56. The number of fused-ring (bicyclic) bond motifs is 1. The highest BCUT2D eigenvalue weighted by atomic mass is 35.5. The Labute approximate surface area is 187 Å². The van der Waals surface area contributed by atoms with E-state index in [1.807, 2.05) is 24.3 Å². The Bertz CT molecular complexity index is 976. The van der Waals surface area contributed by atoms with Gasteiger partial charge in [0.1, 0.15) is 0 Å². The van der Waals surface area contributed by atoms with Crippen LogP contribution in [0.1, 0.15) is 47.2 Å². The van der Waals surface area contributed by atoms with Crippen molar-refractivity contribution < 1.29 is 14.4 Å². The minimum Gasteiger partial charge on any atom is -0.352 e. The number of halogens is 1. The smallest absolute Gasteiger partial charge is 0.324 e. The summed E-state index contributed by atoms with van der Waals surface area (Å²) in [5, 5.41) is 6.57. The first-order chi connectivity index (χ1) is 15.0. The molecule has 2 aromatic carbocycles. The lowest BCUT2D eigenvalue weighted by Gasteiger charge is -2.40. The van der Waals surface area contributed by atoms with Crippen LogP contribution in [0.4, 0.5) is 4.79 Å². The summed E-state index contributed by atoms with van der Waals surface area (Å²) >= 11 is 6.14. The molecule has 2 atom stereocenters. The molecule has 2 aliphatic rings. The van der Waals surface area contributed by atoms with E-state index in [0.717, 1.165) is 36.8 Å². The number of rotatable bonds is 6. The van der Waals surface area contributed by atoms with Crippen molar-refractivity contribution in [2.24, 2.45) is 5.92 Å².